The molecule has 1 saturated heterocycles. The van der Waals surface area contributed by atoms with Crippen LogP contribution in [-0.2, 0) is 10.3 Å². The first-order chi connectivity index (χ1) is 10.2. The van der Waals surface area contributed by atoms with Crippen LogP contribution in [0.3, 0.4) is 0 Å². The Morgan fingerprint density at radius 1 is 1.50 bits per heavy atom. The Bertz CT molecular complexity index is 587. The molecule has 0 radical (unpaired) electrons. The van der Waals surface area contributed by atoms with E-state index in [1.165, 1.54) is 20.0 Å². The van der Waals surface area contributed by atoms with Gasteiger partial charge in [-0.05, 0) is 43.5 Å². The summed E-state index contributed by atoms with van der Waals surface area (Å²) < 4.78 is 10.4. The van der Waals surface area contributed by atoms with Crippen molar-refractivity contribution in [2.45, 2.75) is 31.7 Å². The van der Waals surface area contributed by atoms with E-state index in [-0.39, 0.29) is 23.9 Å². The summed E-state index contributed by atoms with van der Waals surface area (Å²) in [6.45, 7) is 3.25. The highest BCUT2D eigenvalue weighted by molar-refractivity contribution is 5.90. The number of carbonyl (C=O) groups excluding carboxylic acids is 1. The third-order valence-corrected chi connectivity index (χ3v) is 4.61. The van der Waals surface area contributed by atoms with Crippen LogP contribution in [0.15, 0.2) is 30.5 Å². The molecule has 0 amide bonds. The van der Waals surface area contributed by atoms with Gasteiger partial charge in [0.25, 0.3) is 0 Å². The smallest absolute Gasteiger partial charge is 0.337 e. The van der Waals surface area contributed by atoms with Crippen molar-refractivity contribution in [2.24, 2.45) is 5.92 Å². The summed E-state index contributed by atoms with van der Waals surface area (Å²) in [5.74, 6) is 1.11. The lowest BCUT2D eigenvalue weighted by Gasteiger charge is -2.42. The highest BCUT2D eigenvalue weighted by atomic mass is 35.5. The number of rotatable bonds is 2. The van der Waals surface area contributed by atoms with Gasteiger partial charge in [-0.3, -0.25) is 0 Å². The van der Waals surface area contributed by atoms with Crippen molar-refractivity contribution in [1.29, 1.82) is 0 Å². The van der Waals surface area contributed by atoms with E-state index in [9.17, 15) is 4.79 Å². The van der Waals surface area contributed by atoms with E-state index in [1.807, 2.05) is 12.1 Å². The maximum Gasteiger partial charge on any atom is 0.337 e. The maximum atomic E-state index is 11.7. The van der Waals surface area contributed by atoms with Crippen molar-refractivity contribution < 1.29 is 14.3 Å². The van der Waals surface area contributed by atoms with Gasteiger partial charge in [0.2, 0.25) is 0 Å². The van der Waals surface area contributed by atoms with E-state index in [4.69, 9.17) is 9.47 Å². The molecule has 1 N–H and O–H groups in total. The van der Waals surface area contributed by atoms with Gasteiger partial charge < -0.3 is 14.8 Å². The molecule has 0 aliphatic carbocycles. The molecule has 1 fully saturated rings. The standard InChI is InChI=1S/C17H21NO3.ClH/c1-3-12-6-8-18-17(11-12)7-9-21-15-10-13(16(19)20-2)4-5-14(15)17;/h4-5,7,9-10,12,18H,3,6,8,11H2,1-2H3;1H/t12?,17-;/m0./s1. The second-order valence-corrected chi connectivity index (χ2v) is 5.79. The van der Waals surface area contributed by atoms with Gasteiger partial charge in [0.05, 0.1) is 24.5 Å². The minimum Gasteiger partial charge on any atom is -0.465 e. The van der Waals surface area contributed by atoms with Crippen molar-refractivity contribution in [3.63, 3.8) is 0 Å². The average Bonchev–Trinajstić information content (AvgIpc) is 2.54. The number of benzene rings is 1. The third kappa shape index (κ3) is 2.85. The fraction of sp³-hybridized carbons (Fsp3) is 0.471. The zero-order valence-electron chi connectivity index (χ0n) is 12.9. The summed E-state index contributed by atoms with van der Waals surface area (Å²) in [4.78, 5) is 11.7. The highest BCUT2D eigenvalue weighted by Crippen LogP contribution is 2.42. The van der Waals surface area contributed by atoms with Gasteiger partial charge >= 0.3 is 5.97 Å². The molecule has 2 aliphatic rings. The van der Waals surface area contributed by atoms with Crippen molar-refractivity contribution >= 4 is 18.4 Å². The number of hydrogen-bond acceptors (Lipinski definition) is 4. The number of methoxy groups -OCH3 is 1. The second-order valence-electron chi connectivity index (χ2n) is 5.79. The molecular formula is C17H22ClNO3. The van der Waals surface area contributed by atoms with Gasteiger partial charge in [-0.2, -0.15) is 0 Å². The molecule has 3 rings (SSSR count). The van der Waals surface area contributed by atoms with Crippen molar-refractivity contribution in [3.8, 4) is 5.75 Å². The average molecular weight is 324 g/mol. The monoisotopic (exact) mass is 323 g/mol. The molecule has 0 bridgehead atoms. The number of nitrogens with one attached hydrogen (secondary N) is 1. The fourth-order valence-electron chi connectivity index (χ4n) is 3.36. The van der Waals surface area contributed by atoms with E-state index in [1.54, 1.807) is 12.3 Å². The topological polar surface area (TPSA) is 47.6 Å². The molecule has 22 heavy (non-hydrogen) atoms. The summed E-state index contributed by atoms with van der Waals surface area (Å²) in [5.41, 5.74) is 1.46. The van der Waals surface area contributed by atoms with Crippen molar-refractivity contribution in [2.75, 3.05) is 13.7 Å². The predicted octanol–water partition coefficient (Wildman–Crippen LogP) is 3.41. The van der Waals surface area contributed by atoms with E-state index in [2.05, 4.69) is 18.3 Å². The molecule has 2 aliphatic heterocycles. The highest BCUT2D eigenvalue weighted by Gasteiger charge is 2.39. The van der Waals surface area contributed by atoms with Crippen LogP contribution in [0.5, 0.6) is 5.75 Å². The van der Waals surface area contributed by atoms with Gasteiger partial charge in [-0.25, -0.2) is 4.79 Å². The first-order valence-electron chi connectivity index (χ1n) is 7.51. The van der Waals surface area contributed by atoms with E-state index in [0.717, 1.165) is 24.3 Å². The van der Waals surface area contributed by atoms with E-state index in [0.29, 0.717) is 11.5 Å². The van der Waals surface area contributed by atoms with Crippen molar-refractivity contribution in [1.82, 2.24) is 5.32 Å². The molecule has 2 heterocycles. The lowest BCUT2D eigenvalue weighted by atomic mass is 9.75. The summed E-state index contributed by atoms with van der Waals surface area (Å²) in [5, 5.41) is 3.63. The molecule has 120 valence electrons. The van der Waals surface area contributed by atoms with Gasteiger partial charge in [0, 0.05) is 5.56 Å². The number of piperidine rings is 1. The minimum absolute atomic E-state index is 0. The Kier molecular flexibility index (Phi) is 5.14. The van der Waals surface area contributed by atoms with Crippen LogP contribution in [0.2, 0.25) is 0 Å². The molecule has 2 atom stereocenters. The minimum atomic E-state index is -0.340. The Hall–Kier alpha value is -1.52. The number of fused-ring (bicyclic) bond motifs is 2. The van der Waals surface area contributed by atoms with Gasteiger partial charge in [-0.15, -0.1) is 12.4 Å². The Labute approximate surface area is 137 Å². The lowest BCUT2D eigenvalue weighted by molar-refractivity contribution is 0.0600. The quantitative estimate of drug-likeness (QED) is 0.847. The molecule has 4 nitrogen and oxygen atoms in total. The van der Waals surface area contributed by atoms with E-state index >= 15 is 0 Å². The van der Waals surface area contributed by atoms with Gasteiger partial charge in [-0.1, -0.05) is 19.4 Å². The lowest BCUT2D eigenvalue weighted by Crippen LogP contribution is -2.48. The van der Waals surface area contributed by atoms with Crippen LogP contribution in [-0.4, -0.2) is 19.6 Å². The molecule has 1 unspecified atom stereocenters. The summed E-state index contributed by atoms with van der Waals surface area (Å²) >= 11 is 0. The van der Waals surface area contributed by atoms with Gasteiger partial charge in [0.1, 0.15) is 5.75 Å². The number of ether oxygens (including phenoxy) is 2. The molecule has 1 aromatic carbocycles. The molecule has 5 heteroatoms. The maximum absolute atomic E-state index is 11.7. The Balaban J connectivity index is 0.00000176. The molecule has 0 aromatic heterocycles. The number of esters is 1. The van der Waals surface area contributed by atoms with Crippen LogP contribution in [0.1, 0.15) is 42.1 Å². The number of hydrogen-bond donors (Lipinski definition) is 1. The van der Waals surface area contributed by atoms with Crippen LogP contribution in [0.4, 0.5) is 0 Å². The van der Waals surface area contributed by atoms with Crippen LogP contribution in [0.25, 0.3) is 0 Å². The zero-order chi connectivity index (χ0) is 14.9. The molecule has 1 aromatic rings. The largest absolute Gasteiger partial charge is 0.465 e. The number of halogens is 1. The fourth-order valence-corrected chi connectivity index (χ4v) is 3.36. The summed E-state index contributed by atoms with van der Waals surface area (Å²) in [6.07, 6.45) is 7.30. The first kappa shape index (κ1) is 16.8. The Morgan fingerprint density at radius 2 is 2.32 bits per heavy atom. The summed E-state index contributed by atoms with van der Waals surface area (Å²) in [6, 6.07) is 5.56. The normalized spacial score (nSPS) is 25.8. The SMILES string of the molecule is CCC1CCN[C@@]2(C=COc3cc(C(=O)OC)ccc32)C1.Cl. The molecule has 0 saturated carbocycles. The van der Waals surface area contributed by atoms with Gasteiger partial charge in [0.15, 0.2) is 0 Å². The van der Waals surface area contributed by atoms with Crippen LogP contribution in [0, 0.1) is 5.92 Å². The Morgan fingerprint density at radius 3 is 3.05 bits per heavy atom. The predicted molar refractivity (Wildman–Crippen MR) is 87.5 cm³/mol. The third-order valence-electron chi connectivity index (χ3n) is 4.61. The van der Waals surface area contributed by atoms with Crippen molar-refractivity contribution in [3.05, 3.63) is 41.7 Å². The molecular weight excluding hydrogens is 302 g/mol. The van der Waals surface area contributed by atoms with E-state index < -0.39 is 0 Å². The summed E-state index contributed by atoms with van der Waals surface area (Å²) in [7, 11) is 1.39. The number of carbonyl (C=O) groups is 1. The second kappa shape index (κ2) is 6.71. The molecule has 1 spiro atoms. The first-order valence-corrected chi connectivity index (χ1v) is 7.51. The van der Waals surface area contributed by atoms with Crippen LogP contribution < -0.4 is 10.1 Å². The zero-order valence-corrected chi connectivity index (χ0v) is 13.7. The van der Waals surface area contributed by atoms with Crippen LogP contribution >= 0.6 is 12.4 Å².